The van der Waals surface area contributed by atoms with Crippen LogP contribution in [0.15, 0.2) is 24.3 Å². The Labute approximate surface area is 170 Å². The smallest absolute Gasteiger partial charge is 0.279 e. The second-order valence-corrected chi connectivity index (χ2v) is 9.08. The highest BCUT2D eigenvalue weighted by Crippen LogP contribution is 2.31. The molecule has 2 N–H and O–H groups in total. The Balaban J connectivity index is 1.29. The van der Waals surface area contributed by atoms with E-state index < -0.39 is 0 Å². The van der Waals surface area contributed by atoms with Crippen LogP contribution in [-0.4, -0.2) is 49.4 Å². The summed E-state index contributed by atoms with van der Waals surface area (Å²) in [4.78, 5) is 30.8. The van der Waals surface area contributed by atoms with Crippen molar-refractivity contribution in [2.75, 3.05) is 38.0 Å². The maximum Gasteiger partial charge on any atom is 0.279 e. The average molecular weight is 399 g/mol. The van der Waals surface area contributed by atoms with Crippen molar-refractivity contribution in [2.24, 2.45) is 0 Å². The number of nitrogens with zero attached hydrogens (tertiary/aromatic N) is 1. The van der Waals surface area contributed by atoms with Gasteiger partial charge in [0.05, 0.1) is 31.1 Å². The first-order valence-corrected chi connectivity index (χ1v) is 10.9. The number of quaternary nitrogens is 1. The van der Waals surface area contributed by atoms with E-state index in [1.807, 2.05) is 36.9 Å². The van der Waals surface area contributed by atoms with Crippen LogP contribution in [0.4, 0.5) is 5.69 Å². The fraction of sp³-hybridized carbons (Fsp3) is 0.455. The van der Waals surface area contributed by atoms with Gasteiger partial charge in [-0.3, -0.25) is 9.59 Å². The quantitative estimate of drug-likeness (QED) is 0.826. The van der Waals surface area contributed by atoms with Gasteiger partial charge in [0.1, 0.15) is 0 Å². The van der Waals surface area contributed by atoms with E-state index in [9.17, 15) is 9.59 Å². The zero-order valence-corrected chi connectivity index (χ0v) is 17.5. The van der Waals surface area contributed by atoms with Crippen LogP contribution in [0.2, 0.25) is 0 Å². The number of aryl methyl sites for hydroxylation is 4. The van der Waals surface area contributed by atoms with Crippen LogP contribution >= 0.6 is 11.3 Å². The first-order chi connectivity index (χ1) is 13.5. The molecule has 28 heavy (non-hydrogen) atoms. The Kier molecular flexibility index (Phi) is 5.51. The molecule has 4 rings (SSSR count). The van der Waals surface area contributed by atoms with Gasteiger partial charge in [-0.05, 0) is 55.9 Å². The lowest BCUT2D eigenvalue weighted by molar-refractivity contribution is -0.895. The van der Waals surface area contributed by atoms with Crippen molar-refractivity contribution >= 4 is 28.8 Å². The van der Waals surface area contributed by atoms with E-state index in [1.165, 1.54) is 21.8 Å². The normalized spacial score (nSPS) is 16.9. The molecule has 1 aliphatic heterocycles. The molecule has 0 bridgehead atoms. The molecule has 0 spiro atoms. The number of hydrogen-bond donors (Lipinski definition) is 2. The lowest BCUT2D eigenvalue weighted by atomic mass is 10.1. The van der Waals surface area contributed by atoms with Crippen LogP contribution < -0.4 is 10.2 Å². The summed E-state index contributed by atoms with van der Waals surface area (Å²) in [5.41, 5.74) is 4.47. The molecule has 5 nitrogen and oxygen atoms in total. The molecule has 1 aromatic heterocycles. The molecule has 2 amide bonds. The molecular formula is C22H28N3O2S+. The number of nitrogens with one attached hydrogen (secondary N) is 2. The van der Waals surface area contributed by atoms with Gasteiger partial charge in [-0.1, -0.05) is 18.2 Å². The van der Waals surface area contributed by atoms with E-state index in [-0.39, 0.29) is 11.8 Å². The van der Waals surface area contributed by atoms with Crippen LogP contribution in [0.1, 0.15) is 37.7 Å². The van der Waals surface area contributed by atoms with Crippen LogP contribution in [-0.2, 0) is 17.6 Å². The van der Waals surface area contributed by atoms with Crippen molar-refractivity contribution in [2.45, 2.75) is 33.1 Å². The van der Waals surface area contributed by atoms with Gasteiger partial charge in [-0.15, -0.1) is 11.3 Å². The number of carbonyl (C=O) groups is 2. The Bertz CT molecular complexity index is 855. The maximum atomic E-state index is 12.8. The zero-order chi connectivity index (χ0) is 19.7. The number of carbonyl (C=O) groups excluding carboxylic acids is 2. The monoisotopic (exact) mass is 398 g/mol. The third kappa shape index (κ3) is 3.98. The summed E-state index contributed by atoms with van der Waals surface area (Å²) >= 11 is 1.68. The van der Waals surface area contributed by atoms with Gasteiger partial charge in [0.2, 0.25) is 0 Å². The molecular weight excluding hydrogens is 370 g/mol. The number of thiophene rings is 1. The lowest BCUT2D eigenvalue weighted by Crippen LogP contribution is -3.15. The van der Waals surface area contributed by atoms with E-state index in [2.05, 4.69) is 11.4 Å². The van der Waals surface area contributed by atoms with E-state index in [1.54, 1.807) is 11.3 Å². The van der Waals surface area contributed by atoms with E-state index in [0.29, 0.717) is 19.6 Å². The van der Waals surface area contributed by atoms with Crippen LogP contribution in [0, 0.1) is 13.8 Å². The van der Waals surface area contributed by atoms with Gasteiger partial charge in [0.15, 0.2) is 6.54 Å². The molecule has 0 radical (unpaired) electrons. The number of piperazine rings is 1. The Morgan fingerprint density at radius 3 is 2.54 bits per heavy atom. The molecule has 0 saturated carbocycles. The molecule has 0 unspecified atom stereocenters. The standard InChI is InChI=1S/C22H27N3O2S/c1-15-5-3-6-16(2)21(15)23-20(26)14-24-9-11-25(12-10-24)22(27)19-13-17-7-4-8-18(17)28-19/h3,5-6,13H,4,7-12,14H2,1-2H3,(H,23,26)/p+1. The summed E-state index contributed by atoms with van der Waals surface area (Å²) in [5.74, 6) is 0.209. The van der Waals surface area contributed by atoms with Crippen LogP contribution in [0.25, 0.3) is 0 Å². The van der Waals surface area contributed by atoms with Crippen LogP contribution in [0.3, 0.4) is 0 Å². The minimum Gasteiger partial charge on any atom is -0.327 e. The average Bonchev–Trinajstić information content (AvgIpc) is 3.27. The van der Waals surface area contributed by atoms with Crippen molar-refractivity contribution in [1.82, 2.24) is 4.90 Å². The van der Waals surface area contributed by atoms with E-state index >= 15 is 0 Å². The van der Waals surface area contributed by atoms with Crippen molar-refractivity contribution in [1.29, 1.82) is 0 Å². The predicted molar refractivity (Wildman–Crippen MR) is 112 cm³/mol. The summed E-state index contributed by atoms with van der Waals surface area (Å²) in [5, 5.41) is 3.07. The second kappa shape index (κ2) is 8.05. The second-order valence-electron chi connectivity index (χ2n) is 7.95. The Hall–Kier alpha value is -2.18. The highest BCUT2D eigenvalue weighted by molar-refractivity contribution is 7.14. The molecule has 1 saturated heterocycles. The van der Waals surface area contributed by atoms with Gasteiger partial charge in [0, 0.05) is 10.6 Å². The van der Waals surface area contributed by atoms with Gasteiger partial charge in [-0.2, -0.15) is 0 Å². The molecule has 1 aliphatic carbocycles. The molecule has 2 aromatic rings. The minimum atomic E-state index is 0.0434. The molecule has 2 heterocycles. The number of hydrogen-bond acceptors (Lipinski definition) is 3. The van der Waals surface area contributed by atoms with Gasteiger partial charge >= 0.3 is 0 Å². The summed E-state index contributed by atoms with van der Waals surface area (Å²) in [6.45, 7) is 7.54. The molecule has 148 valence electrons. The lowest BCUT2D eigenvalue weighted by Gasteiger charge is -2.31. The van der Waals surface area contributed by atoms with Gasteiger partial charge in [-0.25, -0.2) is 0 Å². The van der Waals surface area contributed by atoms with E-state index in [0.717, 1.165) is 47.6 Å². The van der Waals surface area contributed by atoms with Crippen molar-refractivity contribution in [3.05, 3.63) is 50.7 Å². The third-order valence-corrected chi connectivity index (χ3v) is 7.10. The van der Waals surface area contributed by atoms with Gasteiger partial charge in [0.25, 0.3) is 11.8 Å². The third-order valence-electron chi connectivity index (χ3n) is 5.87. The first-order valence-electron chi connectivity index (χ1n) is 10.1. The SMILES string of the molecule is Cc1cccc(C)c1NC(=O)C[NH+]1CCN(C(=O)c2cc3c(s2)CCC3)CC1. The molecule has 6 heteroatoms. The molecule has 1 aromatic carbocycles. The zero-order valence-electron chi connectivity index (χ0n) is 16.6. The highest BCUT2D eigenvalue weighted by Gasteiger charge is 2.28. The number of para-hydroxylation sites is 1. The summed E-state index contributed by atoms with van der Waals surface area (Å²) in [6, 6.07) is 8.14. The molecule has 0 atom stereocenters. The minimum absolute atomic E-state index is 0.0434. The number of rotatable bonds is 4. The first kappa shape index (κ1) is 19.2. The fourth-order valence-corrected chi connectivity index (χ4v) is 5.44. The Morgan fingerprint density at radius 1 is 1.14 bits per heavy atom. The molecule has 1 fully saturated rings. The van der Waals surface area contributed by atoms with Crippen molar-refractivity contribution < 1.29 is 14.5 Å². The fourth-order valence-electron chi connectivity index (χ4n) is 4.22. The van der Waals surface area contributed by atoms with Crippen LogP contribution in [0.5, 0.6) is 0 Å². The predicted octanol–water partition coefficient (Wildman–Crippen LogP) is 1.83. The summed E-state index contributed by atoms with van der Waals surface area (Å²) in [6.07, 6.45) is 3.47. The maximum absolute atomic E-state index is 12.8. The summed E-state index contributed by atoms with van der Waals surface area (Å²) in [7, 11) is 0. The summed E-state index contributed by atoms with van der Waals surface area (Å²) < 4.78 is 0. The number of fused-ring (bicyclic) bond motifs is 1. The van der Waals surface area contributed by atoms with Gasteiger partial charge < -0.3 is 15.1 Å². The van der Waals surface area contributed by atoms with E-state index in [4.69, 9.17) is 0 Å². The number of benzene rings is 1. The number of amides is 2. The van der Waals surface area contributed by atoms with Crippen molar-refractivity contribution in [3.63, 3.8) is 0 Å². The number of anilines is 1. The largest absolute Gasteiger partial charge is 0.327 e. The van der Waals surface area contributed by atoms with Crippen molar-refractivity contribution in [3.8, 4) is 0 Å². The highest BCUT2D eigenvalue weighted by atomic mass is 32.1. The topological polar surface area (TPSA) is 53.9 Å². The Morgan fingerprint density at radius 2 is 1.86 bits per heavy atom. The molecule has 2 aliphatic rings.